The van der Waals surface area contributed by atoms with E-state index in [9.17, 15) is 0 Å². The average molecular weight is 203 g/mol. The Labute approximate surface area is 90.5 Å². The Balaban J connectivity index is 1.76. The van der Waals surface area contributed by atoms with E-state index in [1.165, 1.54) is 25.2 Å². The number of nitrogens with zero attached hydrogens (tertiary/aromatic N) is 2. The molecule has 0 radical (unpaired) electrons. The summed E-state index contributed by atoms with van der Waals surface area (Å²) in [6.45, 7) is 5.59. The van der Waals surface area contributed by atoms with E-state index >= 15 is 0 Å². The van der Waals surface area contributed by atoms with Crippen molar-refractivity contribution in [3.05, 3.63) is 24.0 Å². The van der Waals surface area contributed by atoms with Crippen LogP contribution >= 0.6 is 0 Å². The zero-order valence-corrected chi connectivity index (χ0v) is 9.11. The first kappa shape index (κ1) is 9.16. The van der Waals surface area contributed by atoms with Crippen molar-refractivity contribution >= 4 is 5.69 Å². The number of anilines is 1. The summed E-state index contributed by atoms with van der Waals surface area (Å²) in [6, 6.07) is 5.06. The zero-order chi connectivity index (χ0) is 10.3. The lowest BCUT2D eigenvalue weighted by molar-refractivity contribution is 0.230. The third kappa shape index (κ3) is 1.51. The fraction of sp³-hybridized carbons (Fsp3) is 0.583. The Morgan fingerprint density at radius 3 is 3.13 bits per heavy atom. The molecule has 2 aliphatic rings. The van der Waals surface area contributed by atoms with Crippen molar-refractivity contribution < 1.29 is 0 Å². The van der Waals surface area contributed by atoms with E-state index in [4.69, 9.17) is 0 Å². The summed E-state index contributed by atoms with van der Waals surface area (Å²) < 4.78 is 0. The van der Waals surface area contributed by atoms with Gasteiger partial charge in [0.1, 0.15) is 0 Å². The van der Waals surface area contributed by atoms with Crippen molar-refractivity contribution in [2.24, 2.45) is 5.92 Å². The molecule has 0 aromatic carbocycles. The van der Waals surface area contributed by atoms with Crippen molar-refractivity contribution in [1.29, 1.82) is 0 Å². The Bertz CT molecular complexity index is 346. The van der Waals surface area contributed by atoms with Gasteiger partial charge in [-0.15, -0.1) is 0 Å². The van der Waals surface area contributed by atoms with Gasteiger partial charge in [-0.3, -0.25) is 4.98 Å². The molecule has 3 rings (SSSR count). The summed E-state index contributed by atoms with van der Waals surface area (Å²) >= 11 is 0. The molecular weight excluding hydrogens is 186 g/mol. The van der Waals surface area contributed by atoms with Gasteiger partial charge < -0.3 is 10.2 Å². The van der Waals surface area contributed by atoms with Crippen molar-refractivity contribution in [3.63, 3.8) is 0 Å². The Kier molecular flexibility index (Phi) is 2.13. The van der Waals surface area contributed by atoms with Crippen molar-refractivity contribution in [3.8, 4) is 0 Å². The molecule has 1 aromatic heterocycles. The molecule has 2 fully saturated rings. The van der Waals surface area contributed by atoms with E-state index < -0.39 is 0 Å². The SMILES string of the molecule is Cc1ccc(N2C[C@@H]3CNCC[C@@H]32)cn1. The largest absolute Gasteiger partial charge is 0.366 e. The lowest BCUT2D eigenvalue weighted by atomic mass is 9.83. The maximum atomic E-state index is 4.36. The van der Waals surface area contributed by atoms with Crippen LogP contribution in [0.1, 0.15) is 12.1 Å². The van der Waals surface area contributed by atoms with Crippen molar-refractivity contribution in [2.75, 3.05) is 24.5 Å². The minimum atomic E-state index is 0.760. The van der Waals surface area contributed by atoms with E-state index in [-0.39, 0.29) is 0 Å². The predicted octanol–water partition coefficient (Wildman–Crippen LogP) is 1.19. The first-order valence-electron chi connectivity index (χ1n) is 5.74. The molecule has 2 saturated heterocycles. The molecule has 0 aliphatic carbocycles. The molecule has 0 amide bonds. The molecule has 3 heteroatoms. The van der Waals surface area contributed by atoms with Gasteiger partial charge in [0.25, 0.3) is 0 Å². The van der Waals surface area contributed by atoms with Gasteiger partial charge in [-0.2, -0.15) is 0 Å². The summed E-state index contributed by atoms with van der Waals surface area (Å²) in [5, 5.41) is 3.46. The average Bonchev–Trinajstić information content (AvgIpc) is 2.23. The monoisotopic (exact) mass is 203 g/mol. The van der Waals surface area contributed by atoms with Gasteiger partial charge >= 0.3 is 0 Å². The van der Waals surface area contributed by atoms with Crippen LogP contribution in [0, 0.1) is 12.8 Å². The summed E-state index contributed by atoms with van der Waals surface area (Å²) in [5.41, 5.74) is 2.39. The van der Waals surface area contributed by atoms with Gasteiger partial charge in [0.15, 0.2) is 0 Å². The number of aromatic nitrogens is 1. The van der Waals surface area contributed by atoms with E-state index in [0.717, 1.165) is 24.2 Å². The standard InChI is InChI=1S/C12H17N3/c1-9-2-3-11(7-14-9)15-8-10-6-13-5-4-12(10)15/h2-3,7,10,12-13H,4-6,8H2,1H3/t10-,12-/m0/s1. The topological polar surface area (TPSA) is 28.2 Å². The smallest absolute Gasteiger partial charge is 0.0555 e. The third-order valence-electron chi connectivity index (χ3n) is 3.63. The van der Waals surface area contributed by atoms with Crippen LogP contribution in [0.4, 0.5) is 5.69 Å². The summed E-state index contributed by atoms with van der Waals surface area (Å²) in [4.78, 5) is 6.86. The minimum Gasteiger partial charge on any atom is -0.366 e. The van der Waals surface area contributed by atoms with E-state index in [1.54, 1.807) is 0 Å². The number of rotatable bonds is 1. The lowest BCUT2D eigenvalue weighted by Gasteiger charge is -2.52. The van der Waals surface area contributed by atoms with Gasteiger partial charge in [0.05, 0.1) is 11.9 Å². The van der Waals surface area contributed by atoms with Crippen LogP contribution in [0.15, 0.2) is 18.3 Å². The number of nitrogens with one attached hydrogen (secondary N) is 1. The molecular formula is C12H17N3. The Morgan fingerprint density at radius 1 is 1.47 bits per heavy atom. The number of piperidine rings is 1. The zero-order valence-electron chi connectivity index (χ0n) is 9.11. The van der Waals surface area contributed by atoms with Gasteiger partial charge in [0.2, 0.25) is 0 Å². The second-order valence-electron chi connectivity index (χ2n) is 4.63. The highest BCUT2D eigenvalue weighted by molar-refractivity contribution is 5.49. The van der Waals surface area contributed by atoms with E-state index in [0.29, 0.717) is 0 Å². The molecule has 2 aliphatic heterocycles. The van der Waals surface area contributed by atoms with Gasteiger partial charge in [-0.25, -0.2) is 0 Å². The lowest BCUT2D eigenvalue weighted by Crippen LogP contribution is -2.63. The van der Waals surface area contributed by atoms with Crippen LogP contribution in [-0.2, 0) is 0 Å². The van der Waals surface area contributed by atoms with Crippen LogP contribution in [0.25, 0.3) is 0 Å². The highest BCUT2D eigenvalue weighted by Crippen LogP contribution is 2.33. The highest BCUT2D eigenvalue weighted by Gasteiger charge is 2.40. The normalized spacial score (nSPS) is 29.5. The number of pyridine rings is 1. The first-order chi connectivity index (χ1) is 7.34. The van der Waals surface area contributed by atoms with Crippen LogP contribution < -0.4 is 10.2 Å². The Morgan fingerprint density at radius 2 is 2.40 bits per heavy atom. The van der Waals surface area contributed by atoms with Crippen LogP contribution in [0.2, 0.25) is 0 Å². The molecule has 0 saturated carbocycles. The number of hydrogen-bond donors (Lipinski definition) is 1. The fourth-order valence-corrected chi connectivity index (χ4v) is 2.68. The third-order valence-corrected chi connectivity index (χ3v) is 3.63. The predicted molar refractivity (Wildman–Crippen MR) is 61.1 cm³/mol. The van der Waals surface area contributed by atoms with Crippen LogP contribution in [-0.4, -0.2) is 30.7 Å². The fourth-order valence-electron chi connectivity index (χ4n) is 2.68. The number of aryl methyl sites for hydroxylation is 1. The van der Waals surface area contributed by atoms with Crippen LogP contribution in [0.5, 0.6) is 0 Å². The second-order valence-corrected chi connectivity index (χ2v) is 4.63. The molecule has 0 unspecified atom stereocenters. The number of hydrogen-bond acceptors (Lipinski definition) is 3. The van der Waals surface area contributed by atoms with Crippen molar-refractivity contribution in [2.45, 2.75) is 19.4 Å². The molecule has 3 nitrogen and oxygen atoms in total. The molecule has 80 valence electrons. The maximum absolute atomic E-state index is 4.36. The summed E-state index contributed by atoms with van der Waals surface area (Å²) in [5.74, 6) is 0.861. The molecule has 1 N–H and O–H groups in total. The molecule has 15 heavy (non-hydrogen) atoms. The van der Waals surface area contributed by atoms with Crippen LogP contribution in [0.3, 0.4) is 0 Å². The van der Waals surface area contributed by atoms with E-state index in [2.05, 4.69) is 27.3 Å². The minimum absolute atomic E-state index is 0.760. The number of fused-ring (bicyclic) bond motifs is 1. The Hall–Kier alpha value is -1.09. The van der Waals surface area contributed by atoms with Crippen molar-refractivity contribution in [1.82, 2.24) is 10.3 Å². The molecule has 2 atom stereocenters. The molecule has 1 aromatic rings. The summed E-state index contributed by atoms with van der Waals surface area (Å²) in [6.07, 6.45) is 3.28. The van der Waals surface area contributed by atoms with Gasteiger partial charge in [0, 0.05) is 30.7 Å². The summed E-state index contributed by atoms with van der Waals surface area (Å²) in [7, 11) is 0. The van der Waals surface area contributed by atoms with Gasteiger partial charge in [-0.05, 0) is 32.0 Å². The molecule has 3 heterocycles. The van der Waals surface area contributed by atoms with E-state index in [1.807, 2.05) is 13.1 Å². The quantitative estimate of drug-likeness (QED) is 0.743. The van der Waals surface area contributed by atoms with Gasteiger partial charge in [-0.1, -0.05) is 0 Å². The second kappa shape index (κ2) is 3.49. The first-order valence-corrected chi connectivity index (χ1v) is 5.74. The highest BCUT2D eigenvalue weighted by atomic mass is 15.3. The molecule has 0 bridgehead atoms. The maximum Gasteiger partial charge on any atom is 0.0555 e. The molecule has 0 spiro atoms.